The molecule has 0 atom stereocenters. The van der Waals surface area contributed by atoms with Crippen LogP contribution in [0.3, 0.4) is 0 Å². The van der Waals surface area contributed by atoms with Gasteiger partial charge in [-0.15, -0.1) is 0 Å². The molecule has 1 aromatic heterocycles. The molecule has 2 N–H and O–H groups in total. The lowest BCUT2D eigenvalue weighted by Crippen LogP contribution is -2.44. The van der Waals surface area contributed by atoms with E-state index in [2.05, 4.69) is 34.0 Å². The van der Waals surface area contributed by atoms with Gasteiger partial charge in [-0.05, 0) is 43.0 Å². The zero-order valence-electron chi connectivity index (χ0n) is 14.6. The fourth-order valence-electron chi connectivity index (χ4n) is 3.59. The Labute approximate surface area is 143 Å². The first-order chi connectivity index (χ1) is 11.6. The number of carboxylic acids is 1. The van der Waals surface area contributed by atoms with Crippen LogP contribution in [-0.4, -0.2) is 53.3 Å². The fourth-order valence-corrected chi connectivity index (χ4v) is 3.59. The maximum Gasteiger partial charge on any atom is 0.336 e. The summed E-state index contributed by atoms with van der Waals surface area (Å²) in [5.74, 6) is -0.846. The molecule has 0 saturated carbocycles. The normalized spacial score (nSPS) is 15.9. The molecule has 2 heterocycles. The van der Waals surface area contributed by atoms with E-state index in [-0.39, 0.29) is 0 Å². The molecule has 5 heteroatoms. The third kappa shape index (κ3) is 3.47. The summed E-state index contributed by atoms with van der Waals surface area (Å²) in [4.78, 5) is 13.9. The van der Waals surface area contributed by atoms with Gasteiger partial charge in [0.15, 0.2) is 0 Å². The van der Waals surface area contributed by atoms with Gasteiger partial charge in [0.1, 0.15) is 0 Å². The third-order valence-electron chi connectivity index (χ3n) is 4.91. The van der Waals surface area contributed by atoms with Gasteiger partial charge in [-0.2, -0.15) is 0 Å². The molecule has 0 unspecified atom stereocenters. The lowest BCUT2D eigenvalue weighted by atomic mass is 10.0. The smallest absolute Gasteiger partial charge is 0.336 e. The number of aryl methyl sites for hydroxylation is 2. The van der Waals surface area contributed by atoms with Crippen molar-refractivity contribution in [3.63, 3.8) is 0 Å². The van der Waals surface area contributed by atoms with Gasteiger partial charge >= 0.3 is 5.97 Å². The Balaban J connectivity index is 1.91. The van der Waals surface area contributed by atoms with Crippen molar-refractivity contribution in [3.05, 3.63) is 35.0 Å². The minimum Gasteiger partial charge on any atom is -0.478 e. The molecule has 1 aromatic carbocycles. The predicted molar refractivity (Wildman–Crippen MR) is 96.9 cm³/mol. The number of benzene rings is 1. The minimum atomic E-state index is -0.846. The molecule has 0 spiro atoms. The Hall–Kier alpha value is -1.85. The van der Waals surface area contributed by atoms with Crippen molar-refractivity contribution < 1.29 is 9.90 Å². The average molecular weight is 329 g/mol. The van der Waals surface area contributed by atoms with E-state index in [1.807, 2.05) is 13.0 Å². The topological polar surface area (TPSA) is 57.5 Å². The first kappa shape index (κ1) is 17.0. The van der Waals surface area contributed by atoms with Crippen LogP contribution in [0, 0.1) is 6.92 Å². The van der Waals surface area contributed by atoms with Crippen molar-refractivity contribution in [2.24, 2.45) is 0 Å². The minimum absolute atomic E-state index is 0.409. The first-order valence-corrected chi connectivity index (χ1v) is 8.89. The van der Waals surface area contributed by atoms with Crippen molar-refractivity contribution in [1.29, 1.82) is 0 Å². The van der Waals surface area contributed by atoms with E-state index in [0.29, 0.717) is 5.56 Å². The van der Waals surface area contributed by atoms with Crippen molar-refractivity contribution in [2.45, 2.75) is 33.2 Å². The van der Waals surface area contributed by atoms with Gasteiger partial charge < -0.3 is 19.9 Å². The summed E-state index contributed by atoms with van der Waals surface area (Å²) in [7, 11) is 0. The van der Waals surface area contributed by atoms with Gasteiger partial charge in [-0.3, -0.25) is 0 Å². The Morgan fingerprint density at radius 3 is 2.67 bits per heavy atom. The number of hydrogen-bond donors (Lipinski definition) is 2. The highest BCUT2D eigenvalue weighted by atomic mass is 16.4. The highest BCUT2D eigenvalue weighted by molar-refractivity contribution is 5.96. The van der Waals surface area contributed by atoms with Crippen LogP contribution in [0.4, 0.5) is 0 Å². The van der Waals surface area contributed by atoms with Gasteiger partial charge in [0.25, 0.3) is 0 Å². The molecule has 1 aliphatic rings. The SMILES string of the molecule is CCCn1cc(CCN2CCNCC2)c2cc(C)c(C(=O)O)cc21. The number of piperazine rings is 1. The number of rotatable bonds is 6. The Bertz CT molecular complexity index is 730. The Morgan fingerprint density at radius 1 is 1.25 bits per heavy atom. The summed E-state index contributed by atoms with van der Waals surface area (Å²) < 4.78 is 2.22. The molecule has 1 fully saturated rings. The largest absolute Gasteiger partial charge is 0.478 e. The van der Waals surface area contributed by atoms with Crippen LogP contribution >= 0.6 is 0 Å². The number of aromatic nitrogens is 1. The summed E-state index contributed by atoms with van der Waals surface area (Å²) in [6, 6.07) is 3.90. The lowest BCUT2D eigenvalue weighted by Gasteiger charge is -2.26. The second-order valence-corrected chi connectivity index (χ2v) is 6.68. The molecule has 5 nitrogen and oxygen atoms in total. The summed E-state index contributed by atoms with van der Waals surface area (Å²) in [5.41, 5.74) is 3.63. The van der Waals surface area contributed by atoms with Gasteiger partial charge in [0, 0.05) is 56.4 Å². The van der Waals surface area contributed by atoms with Crippen molar-refractivity contribution in [3.8, 4) is 0 Å². The van der Waals surface area contributed by atoms with Crippen LogP contribution in [0.25, 0.3) is 10.9 Å². The number of hydrogen-bond acceptors (Lipinski definition) is 3. The average Bonchev–Trinajstić information content (AvgIpc) is 2.90. The van der Waals surface area contributed by atoms with Gasteiger partial charge in [-0.1, -0.05) is 6.92 Å². The van der Waals surface area contributed by atoms with E-state index in [1.165, 1.54) is 10.9 Å². The number of fused-ring (bicyclic) bond motifs is 1. The Morgan fingerprint density at radius 2 is 2.00 bits per heavy atom. The van der Waals surface area contributed by atoms with Crippen LogP contribution in [0.5, 0.6) is 0 Å². The second-order valence-electron chi connectivity index (χ2n) is 6.68. The van der Waals surface area contributed by atoms with Gasteiger partial charge in [-0.25, -0.2) is 4.79 Å². The predicted octanol–water partition coefficient (Wildman–Crippen LogP) is 2.51. The van der Waals surface area contributed by atoms with Crippen molar-refractivity contribution >= 4 is 16.9 Å². The molecule has 0 amide bonds. The van der Waals surface area contributed by atoms with E-state index in [0.717, 1.165) is 63.2 Å². The van der Waals surface area contributed by atoms with Crippen LogP contribution in [0.15, 0.2) is 18.3 Å². The summed E-state index contributed by atoms with van der Waals surface area (Å²) in [6.45, 7) is 10.4. The number of nitrogens with one attached hydrogen (secondary N) is 1. The zero-order chi connectivity index (χ0) is 17.1. The molecule has 3 rings (SSSR count). The summed E-state index contributed by atoms with van der Waals surface area (Å²) >= 11 is 0. The van der Waals surface area contributed by atoms with E-state index in [4.69, 9.17) is 0 Å². The molecular weight excluding hydrogens is 302 g/mol. The van der Waals surface area contributed by atoms with Crippen molar-refractivity contribution in [2.75, 3.05) is 32.7 Å². The van der Waals surface area contributed by atoms with E-state index in [9.17, 15) is 9.90 Å². The first-order valence-electron chi connectivity index (χ1n) is 8.89. The zero-order valence-corrected chi connectivity index (χ0v) is 14.6. The number of carboxylic acid groups (broad SMARTS) is 1. The van der Waals surface area contributed by atoms with Crippen LogP contribution in [0.1, 0.15) is 34.8 Å². The van der Waals surface area contributed by atoms with Gasteiger partial charge in [0.05, 0.1) is 5.56 Å². The standard InChI is InChI=1S/C19H27N3O2/c1-3-7-22-13-15(4-8-21-9-5-20-6-10-21)17-11-14(2)16(19(23)24)12-18(17)22/h11-13,20H,3-10H2,1-2H3,(H,23,24). The van der Waals surface area contributed by atoms with E-state index in [1.54, 1.807) is 0 Å². The number of aromatic carboxylic acids is 1. The number of nitrogens with zero attached hydrogens (tertiary/aromatic N) is 2. The second kappa shape index (κ2) is 7.36. The monoisotopic (exact) mass is 329 g/mol. The highest BCUT2D eigenvalue weighted by Gasteiger charge is 2.16. The van der Waals surface area contributed by atoms with E-state index >= 15 is 0 Å². The Kier molecular flexibility index (Phi) is 5.21. The fraction of sp³-hybridized carbons (Fsp3) is 0.526. The number of carbonyl (C=O) groups is 1. The molecule has 0 radical (unpaired) electrons. The highest BCUT2D eigenvalue weighted by Crippen LogP contribution is 2.26. The summed E-state index contributed by atoms with van der Waals surface area (Å²) in [5, 5.41) is 14.0. The van der Waals surface area contributed by atoms with Crippen LogP contribution in [-0.2, 0) is 13.0 Å². The molecule has 1 aliphatic heterocycles. The molecule has 130 valence electrons. The maximum atomic E-state index is 11.5. The lowest BCUT2D eigenvalue weighted by molar-refractivity contribution is 0.0696. The third-order valence-corrected chi connectivity index (χ3v) is 4.91. The van der Waals surface area contributed by atoms with Crippen LogP contribution in [0.2, 0.25) is 0 Å². The molecule has 24 heavy (non-hydrogen) atoms. The quantitative estimate of drug-likeness (QED) is 0.855. The molecule has 0 aliphatic carbocycles. The van der Waals surface area contributed by atoms with Crippen molar-refractivity contribution in [1.82, 2.24) is 14.8 Å². The van der Waals surface area contributed by atoms with Crippen LogP contribution < -0.4 is 5.32 Å². The maximum absolute atomic E-state index is 11.5. The van der Waals surface area contributed by atoms with E-state index < -0.39 is 5.97 Å². The molecule has 0 bridgehead atoms. The molecule has 1 saturated heterocycles. The molecule has 2 aromatic rings. The summed E-state index contributed by atoms with van der Waals surface area (Å²) in [6.07, 6.45) is 4.28. The molecular formula is C19H27N3O2. The van der Waals surface area contributed by atoms with Gasteiger partial charge in [0.2, 0.25) is 0 Å².